The highest BCUT2D eigenvalue weighted by Gasteiger charge is 2.15. The fraction of sp³-hybridized carbons (Fsp3) is 0.238. The second-order valence-electron chi connectivity index (χ2n) is 6.27. The van der Waals surface area contributed by atoms with Crippen molar-refractivity contribution >= 4 is 23.2 Å². The van der Waals surface area contributed by atoms with Crippen LogP contribution in [-0.4, -0.2) is 29.3 Å². The van der Waals surface area contributed by atoms with Crippen LogP contribution in [0.4, 0.5) is 0 Å². The molecule has 0 amide bonds. The van der Waals surface area contributed by atoms with E-state index >= 15 is 0 Å². The van der Waals surface area contributed by atoms with Crippen molar-refractivity contribution in [2.45, 2.75) is 19.2 Å². The summed E-state index contributed by atoms with van der Waals surface area (Å²) >= 11 is 12.0. The molecule has 3 rings (SSSR count). The summed E-state index contributed by atoms with van der Waals surface area (Å²) in [5.74, 6) is 1.35. The minimum absolute atomic E-state index is 0.130. The molecule has 4 nitrogen and oxygen atoms in total. The number of halogens is 2. The lowest BCUT2D eigenvalue weighted by Crippen LogP contribution is -2.35. The Labute approximate surface area is 168 Å². The molecule has 3 aromatic rings. The van der Waals surface area contributed by atoms with Crippen LogP contribution < -0.4 is 4.74 Å². The molecule has 1 aromatic heterocycles. The molecule has 2 aromatic carbocycles. The van der Waals surface area contributed by atoms with Gasteiger partial charge in [-0.25, -0.2) is 0 Å². The topological polar surface area (TPSA) is 45.8 Å². The van der Waals surface area contributed by atoms with Gasteiger partial charge < -0.3 is 14.3 Å². The first-order valence-electron chi connectivity index (χ1n) is 8.65. The number of benzene rings is 2. The number of nitrogens with zero attached hydrogens (tertiary/aromatic N) is 1. The Morgan fingerprint density at radius 3 is 2.52 bits per heavy atom. The zero-order valence-corrected chi connectivity index (χ0v) is 16.2. The van der Waals surface area contributed by atoms with Gasteiger partial charge in [-0.2, -0.15) is 0 Å². The summed E-state index contributed by atoms with van der Waals surface area (Å²) < 4.78 is 11.1. The van der Waals surface area contributed by atoms with Crippen LogP contribution in [0.2, 0.25) is 10.0 Å². The molecule has 0 saturated heterocycles. The lowest BCUT2D eigenvalue weighted by Gasteiger charge is -2.24. The van der Waals surface area contributed by atoms with E-state index in [-0.39, 0.29) is 6.61 Å². The second kappa shape index (κ2) is 9.81. The molecule has 1 unspecified atom stereocenters. The van der Waals surface area contributed by atoms with Gasteiger partial charge in [0.15, 0.2) is 0 Å². The molecular weight excluding hydrogens is 385 g/mol. The maximum absolute atomic E-state index is 10.5. The zero-order valence-electron chi connectivity index (χ0n) is 14.7. The van der Waals surface area contributed by atoms with Gasteiger partial charge in [0.25, 0.3) is 0 Å². The van der Waals surface area contributed by atoms with Gasteiger partial charge in [0.05, 0.1) is 17.8 Å². The van der Waals surface area contributed by atoms with Crippen LogP contribution in [0.5, 0.6) is 5.75 Å². The lowest BCUT2D eigenvalue weighted by atomic mass is 10.2. The van der Waals surface area contributed by atoms with Crippen LogP contribution >= 0.6 is 23.2 Å². The Morgan fingerprint density at radius 2 is 1.81 bits per heavy atom. The smallest absolute Gasteiger partial charge is 0.138 e. The Bertz CT molecular complexity index is 825. The molecule has 0 saturated carbocycles. The van der Waals surface area contributed by atoms with Gasteiger partial charge in [0, 0.05) is 18.1 Å². The Hall–Kier alpha value is -1.98. The first-order valence-corrected chi connectivity index (χ1v) is 9.40. The van der Waals surface area contributed by atoms with Gasteiger partial charge in [-0.1, -0.05) is 53.5 Å². The lowest BCUT2D eigenvalue weighted by molar-refractivity contribution is 0.0605. The van der Waals surface area contributed by atoms with Gasteiger partial charge in [-0.15, -0.1) is 0 Å². The van der Waals surface area contributed by atoms with E-state index in [1.807, 2.05) is 30.3 Å². The summed E-state index contributed by atoms with van der Waals surface area (Å²) in [7, 11) is 0. The average Bonchev–Trinajstić information content (AvgIpc) is 3.15. The van der Waals surface area contributed by atoms with Crippen LogP contribution in [0.1, 0.15) is 11.3 Å². The van der Waals surface area contributed by atoms with Crippen molar-refractivity contribution in [1.82, 2.24) is 4.90 Å². The highest BCUT2D eigenvalue weighted by molar-refractivity contribution is 6.35. The third kappa shape index (κ3) is 6.29. The number of aliphatic hydroxyl groups is 1. The Kier molecular flexibility index (Phi) is 7.18. The van der Waals surface area contributed by atoms with E-state index < -0.39 is 6.10 Å². The van der Waals surface area contributed by atoms with Crippen molar-refractivity contribution in [1.29, 1.82) is 0 Å². The molecule has 27 heavy (non-hydrogen) atoms. The SMILES string of the molecule is OC(COc1ccc(Cl)cc1Cl)CN(Cc1ccccc1)Cc1ccco1. The molecule has 0 aliphatic heterocycles. The predicted octanol–water partition coefficient (Wildman–Crippen LogP) is 5.03. The second-order valence-corrected chi connectivity index (χ2v) is 7.12. The van der Waals surface area contributed by atoms with Gasteiger partial charge in [0.1, 0.15) is 24.2 Å². The number of hydrogen-bond acceptors (Lipinski definition) is 4. The van der Waals surface area contributed by atoms with Crippen LogP contribution in [0.15, 0.2) is 71.3 Å². The zero-order chi connectivity index (χ0) is 19.1. The maximum Gasteiger partial charge on any atom is 0.138 e. The number of ether oxygens (including phenoxy) is 1. The molecule has 0 aliphatic rings. The third-order valence-electron chi connectivity index (χ3n) is 4.00. The molecule has 0 bridgehead atoms. The van der Waals surface area contributed by atoms with Crippen LogP contribution in [0, 0.1) is 0 Å². The Balaban J connectivity index is 1.59. The molecule has 0 spiro atoms. The standard InChI is InChI=1S/C21H21Cl2NO3/c22-17-8-9-21(20(23)11-17)27-15-18(25)13-24(14-19-7-4-10-26-19)12-16-5-2-1-3-6-16/h1-11,18,25H,12-15H2. The van der Waals surface area contributed by atoms with Crippen molar-refractivity contribution in [2.75, 3.05) is 13.2 Å². The van der Waals surface area contributed by atoms with E-state index in [2.05, 4.69) is 17.0 Å². The number of hydrogen-bond donors (Lipinski definition) is 1. The predicted molar refractivity (Wildman–Crippen MR) is 107 cm³/mol. The van der Waals surface area contributed by atoms with Gasteiger partial charge in [0.2, 0.25) is 0 Å². The van der Waals surface area contributed by atoms with Gasteiger partial charge in [-0.3, -0.25) is 4.90 Å². The molecular formula is C21H21Cl2NO3. The van der Waals surface area contributed by atoms with E-state index in [9.17, 15) is 5.11 Å². The first kappa shape index (κ1) is 19.8. The number of furan rings is 1. The molecule has 0 radical (unpaired) electrons. The van der Waals surface area contributed by atoms with Crippen molar-refractivity contribution in [3.63, 3.8) is 0 Å². The van der Waals surface area contributed by atoms with Crippen molar-refractivity contribution in [2.24, 2.45) is 0 Å². The van der Waals surface area contributed by atoms with Gasteiger partial charge >= 0.3 is 0 Å². The summed E-state index contributed by atoms with van der Waals surface area (Å²) in [6.45, 7) is 1.85. The highest BCUT2D eigenvalue weighted by atomic mass is 35.5. The summed E-state index contributed by atoms with van der Waals surface area (Å²) in [6, 6.07) is 18.9. The molecule has 1 N–H and O–H groups in total. The Morgan fingerprint density at radius 1 is 1.00 bits per heavy atom. The largest absolute Gasteiger partial charge is 0.489 e. The molecule has 0 fully saturated rings. The van der Waals surface area contributed by atoms with E-state index in [1.165, 1.54) is 0 Å². The molecule has 1 atom stereocenters. The fourth-order valence-corrected chi connectivity index (χ4v) is 3.24. The summed E-state index contributed by atoms with van der Waals surface area (Å²) in [4.78, 5) is 2.12. The third-order valence-corrected chi connectivity index (χ3v) is 4.53. The van der Waals surface area contributed by atoms with Crippen LogP contribution in [0.25, 0.3) is 0 Å². The highest BCUT2D eigenvalue weighted by Crippen LogP contribution is 2.27. The minimum atomic E-state index is -0.685. The summed E-state index contributed by atoms with van der Waals surface area (Å²) in [6.07, 6.45) is 0.966. The average molecular weight is 406 g/mol. The van der Waals surface area contributed by atoms with Crippen molar-refractivity contribution < 1.29 is 14.3 Å². The first-order chi connectivity index (χ1) is 13.1. The van der Waals surface area contributed by atoms with E-state index in [0.717, 1.165) is 11.3 Å². The molecule has 0 aliphatic carbocycles. The minimum Gasteiger partial charge on any atom is -0.489 e. The maximum atomic E-state index is 10.5. The van der Waals surface area contributed by atoms with E-state index in [4.69, 9.17) is 32.4 Å². The van der Waals surface area contributed by atoms with Crippen molar-refractivity contribution in [3.05, 3.63) is 88.3 Å². The van der Waals surface area contributed by atoms with Crippen LogP contribution in [0.3, 0.4) is 0 Å². The van der Waals surface area contributed by atoms with E-state index in [1.54, 1.807) is 24.5 Å². The molecule has 142 valence electrons. The van der Waals surface area contributed by atoms with Crippen molar-refractivity contribution in [3.8, 4) is 5.75 Å². The van der Waals surface area contributed by atoms with E-state index in [0.29, 0.717) is 35.4 Å². The number of aliphatic hydroxyl groups excluding tert-OH is 1. The quantitative estimate of drug-likeness (QED) is 0.542. The van der Waals surface area contributed by atoms with Gasteiger partial charge in [-0.05, 0) is 35.9 Å². The monoisotopic (exact) mass is 405 g/mol. The van der Waals surface area contributed by atoms with Crippen LogP contribution in [-0.2, 0) is 13.1 Å². The fourth-order valence-electron chi connectivity index (χ4n) is 2.78. The molecule has 6 heteroatoms. The number of rotatable bonds is 9. The molecule has 1 heterocycles. The summed E-state index contributed by atoms with van der Waals surface area (Å²) in [5, 5.41) is 11.4. The normalized spacial score (nSPS) is 12.3. The summed E-state index contributed by atoms with van der Waals surface area (Å²) in [5.41, 5.74) is 1.16.